The van der Waals surface area contributed by atoms with Crippen LogP contribution in [-0.2, 0) is 9.53 Å². The van der Waals surface area contributed by atoms with Crippen molar-refractivity contribution in [2.45, 2.75) is 26.8 Å². The average Bonchev–Trinajstić information content (AvgIpc) is 2.80. The fourth-order valence-corrected chi connectivity index (χ4v) is 2.68. The molecule has 4 heteroatoms. The quantitative estimate of drug-likeness (QED) is 0.832. The van der Waals surface area contributed by atoms with E-state index in [1.807, 2.05) is 31.2 Å². The van der Waals surface area contributed by atoms with Crippen LogP contribution in [0.15, 0.2) is 42.5 Å². The summed E-state index contributed by atoms with van der Waals surface area (Å²) >= 11 is 0. The van der Waals surface area contributed by atoms with E-state index in [9.17, 15) is 4.79 Å². The van der Waals surface area contributed by atoms with E-state index in [2.05, 4.69) is 41.9 Å². The maximum Gasteiger partial charge on any atom is 0.244 e. The number of ether oxygens (including phenoxy) is 1. The molecule has 2 rings (SSSR count). The molecule has 1 aromatic heterocycles. The van der Waals surface area contributed by atoms with Crippen LogP contribution in [0.1, 0.15) is 23.9 Å². The SMILES string of the molecule is COCC(C)NC(=O)C=Cc1cc(C)n(-c2ccccc2)c1C. The number of nitrogens with zero attached hydrogens (tertiary/aromatic N) is 1. The Balaban J connectivity index is 2.16. The second kappa shape index (κ2) is 7.79. The van der Waals surface area contributed by atoms with Crippen LogP contribution in [0.5, 0.6) is 0 Å². The Bertz CT molecular complexity index is 687. The zero-order valence-electron chi connectivity index (χ0n) is 14.2. The van der Waals surface area contributed by atoms with Gasteiger partial charge < -0.3 is 14.6 Å². The third-order valence-corrected chi connectivity index (χ3v) is 3.70. The molecule has 4 nitrogen and oxygen atoms in total. The van der Waals surface area contributed by atoms with E-state index in [0.717, 1.165) is 22.6 Å². The highest BCUT2D eigenvalue weighted by atomic mass is 16.5. The number of carbonyl (C=O) groups is 1. The van der Waals surface area contributed by atoms with Crippen molar-refractivity contribution in [3.63, 3.8) is 0 Å². The predicted octanol–water partition coefficient (Wildman–Crippen LogP) is 3.26. The zero-order valence-corrected chi connectivity index (χ0v) is 14.2. The largest absolute Gasteiger partial charge is 0.383 e. The van der Waals surface area contributed by atoms with Crippen LogP contribution in [0.4, 0.5) is 0 Å². The van der Waals surface area contributed by atoms with Gasteiger partial charge in [-0.25, -0.2) is 0 Å². The Morgan fingerprint density at radius 1 is 1.30 bits per heavy atom. The van der Waals surface area contributed by atoms with E-state index in [0.29, 0.717) is 6.61 Å². The number of amides is 1. The Morgan fingerprint density at radius 2 is 2.00 bits per heavy atom. The zero-order chi connectivity index (χ0) is 16.8. The summed E-state index contributed by atoms with van der Waals surface area (Å²) in [5, 5.41) is 2.87. The van der Waals surface area contributed by atoms with Crippen LogP contribution in [-0.4, -0.2) is 30.2 Å². The molecule has 1 unspecified atom stereocenters. The Kier molecular flexibility index (Phi) is 5.77. The van der Waals surface area contributed by atoms with Gasteiger partial charge in [-0.1, -0.05) is 18.2 Å². The van der Waals surface area contributed by atoms with Gasteiger partial charge in [-0.15, -0.1) is 0 Å². The highest BCUT2D eigenvalue weighted by molar-refractivity contribution is 5.92. The van der Waals surface area contributed by atoms with Crippen molar-refractivity contribution in [1.29, 1.82) is 0 Å². The van der Waals surface area contributed by atoms with Gasteiger partial charge in [0.25, 0.3) is 0 Å². The fourth-order valence-electron chi connectivity index (χ4n) is 2.68. The lowest BCUT2D eigenvalue weighted by molar-refractivity contribution is -0.117. The molecule has 0 saturated heterocycles. The molecule has 1 atom stereocenters. The minimum absolute atomic E-state index is 0.00565. The van der Waals surface area contributed by atoms with Gasteiger partial charge in [-0.05, 0) is 50.6 Å². The van der Waals surface area contributed by atoms with Crippen molar-refractivity contribution >= 4 is 12.0 Å². The molecule has 0 aliphatic heterocycles. The van der Waals surface area contributed by atoms with Gasteiger partial charge in [-0.2, -0.15) is 0 Å². The number of carbonyl (C=O) groups excluding carboxylic acids is 1. The van der Waals surface area contributed by atoms with E-state index in [4.69, 9.17) is 4.74 Å². The van der Waals surface area contributed by atoms with E-state index in [-0.39, 0.29) is 11.9 Å². The van der Waals surface area contributed by atoms with E-state index in [1.165, 1.54) is 0 Å². The molecule has 1 aromatic carbocycles. The van der Waals surface area contributed by atoms with Crippen molar-refractivity contribution in [2.24, 2.45) is 0 Å². The van der Waals surface area contributed by atoms with E-state index in [1.54, 1.807) is 13.2 Å². The molecule has 122 valence electrons. The molecule has 1 heterocycles. The Morgan fingerprint density at radius 3 is 2.65 bits per heavy atom. The molecule has 0 aliphatic carbocycles. The van der Waals surface area contributed by atoms with Gasteiger partial charge in [0.2, 0.25) is 5.91 Å². The summed E-state index contributed by atoms with van der Waals surface area (Å²) in [7, 11) is 1.62. The average molecular weight is 312 g/mol. The van der Waals surface area contributed by atoms with E-state index >= 15 is 0 Å². The molecule has 0 bridgehead atoms. The normalized spacial score (nSPS) is 12.5. The summed E-state index contributed by atoms with van der Waals surface area (Å²) in [6, 6.07) is 12.3. The first-order valence-electron chi connectivity index (χ1n) is 7.74. The van der Waals surface area contributed by atoms with Crippen molar-refractivity contribution in [3.8, 4) is 5.69 Å². The molecule has 0 spiro atoms. The van der Waals surface area contributed by atoms with Gasteiger partial charge in [0.05, 0.1) is 6.61 Å². The maximum atomic E-state index is 11.9. The third-order valence-electron chi connectivity index (χ3n) is 3.70. The number of nitrogens with one attached hydrogen (secondary N) is 1. The molecule has 2 aromatic rings. The summed E-state index contributed by atoms with van der Waals surface area (Å²) in [5.41, 5.74) is 4.42. The standard InChI is InChI=1S/C19H24N2O2/c1-14(13-23-4)20-19(22)11-10-17-12-15(2)21(16(17)3)18-8-6-5-7-9-18/h5-12,14H,13H2,1-4H3,(H,20,22). The molecular formula is C19H24N2O2. The van der Waals surface area contributed by atoms with Gasteiger partial charge in [-0.3, -0.25) is 4.79 Å². The Hall–Kier alpha value is -2.33. The number of aromatic nitrogens is 1. The summed E-state index contributed by atoms with van der Waals surface area (Å²) in [6.45, 7) is 6.54. The number of hydrogen-bond acceptors (Lipinski definition) is 2. The predicted molar refractivity (Wildman–Crippen MR) is 93.8 cm³/mol. The van der Waals surface area contributed by atoms with Crippen LogP contribution in [0, 0.1) is 13.8 Å². The number of methoxy groups -OCH3 is 1. The van der Waals surface area contributed by atoms with Crippen LogP contribution in [0.2, 0.25) is 0 Å². The molecule has 0 aliphatic rings. The van der Waals surface area contributed by atoms with Crippen molar-refractivity contribution in [3.05, 3.63) is 59.4 Å². The molecule has 1 amide bonds. The summed E-state index contributed by atoms with van der Waals surface area (Å²) < 4.78 is 7.20. The Labute approximate surface area is 137 Å². The van der Waals surface area contributed by atoms with E-state index < -0.39 is 0 Å². The lowest BCUT2D eigenvalue weighted by atomic mass is 10.2. The molecule has 0 radical (unpaired) electrons. The van der Waals surface area contributed by atoms with Crippen molar-refractivity contribution < 1.29 is 9.53 Å². The molecule has 0 saturated carbocycles. The minimum Gasteiger partial charge on any atom is -0.383 e. The van der Waals surface area contributed by atoms with Gasteiger partial charge >= 0.3 is 0 Å². The smallest absolute Gasteiger partial charge is 0.244 e. The fraction of sp³-hybridized carbons (Fsp3) is 0.316. The summed E-state index contributed by atoms with van der Waals surface area (Å²) in [6.07, 6.45) is 3.43. The summed E-state index contributed by atoms with van der Waals surface area (Å²) in [5.74, 6) is -0.112. The number of aryl methyl sites for hydroxylation is 1. The van der Waals surface area contributed by atoms with Gasteiger partial charge in [0, 0.05) is 36.3 Å². The molecular weight excluding hydrogens is 288 g/mol. The first-order valence-corrected chi connectivity index (χ1v) is 7.74. The number of para-hydroxylation sites is 1. The number of hydrogen-bond donors (Lipinski definition) is 1. The molecule has 1 N–H and O–H groups in total. The summed E-state index contributed by atoms with van der Waals surface area (Å²) in [4.78, 5) is 11.9. The monoisotopic (exact) mass is 312 g/mol. The van der Waals surface area contributed by atoms with Crippen LogP contribution < -0.4 is 5.32 Å². The lowest BCUT2D eigenvalue weighted by Gasteiger charge is -2.10. The highest BCUT2D eigenvalue weighted by Gasteiger charge is 2.09. The third kappa shape index (κ3) is 4.33. The minimum atomic E-state index is -0.112. The van der Waals surface area contributed by atoms with Crippen molar-refractivity contribution in [2.75, 3.05) is 13.7 Å². The topological polar surface area (TPSA) is 43.3 Å². The van der Waals surface area contributed by atoms with Crippen LogP contribution in [0.3, 0.4) is 0 Å². The number of benzene rings is 1. The lowest BCUT2D eigenvalue weighted by Crippen LogP contribution is -2.34. The first kappa shape index (κ1) is 17.0. The highest BCUT2D eigenvalue weighted by Crippen LogP contribution is 2.21. The van der Waals surface area contributed by atoms with Crippen molar-refractivity contribution in [1.82, 2.24) is 9.88 Å². The second-order valence-electron chi connectivity index (χ2n) is 5.70. The second-order valence-corrected chi connectivity index (χ2v) is 5.70. The van der Waals surface area contributed by atoms with Gasteiger partial charge in [0.15, 0.2) is 0 Å². The van der Waals surface area contributed by atoms with Crippen LogP contribution in [0.25, 0.3) is 11.8 Å². The number of rotatable bonds is 6. The van der Waals surface area contributed by atoms with Crippen LogP contribution >= 0.6 is 0 Å². The molecule has 0 fully saturated rings. The first-order chi connectivity index (χ1) is 11.0. The van der Waals surface area contributed by atoms with Gasteiger partial charge in [0.1, 0.15) is 0 Å². The molecule has 23 heavy (non-hydrogen) atoms. The maximum absolute atomic E-state index is 11.9.